The van der Waals surface area contributed by atoms with Gasteiger partial charge in [-0.3, -0.25) is 0 Å². The average molecular weight is 233 g/mol. The van der Waals surface area contributed by atoms with Crippen molar-refractivity contribution in [3.8, 4) is 5.75 Å². The van der Waals surface area contributed by atoms with Crippen molar-refractivity contribution in [2.45, 2.75) is 32.6 Å². The van der Waals surface area contributed by atoms with Crippen LogP contribution in [-0.2, 0) is 0 Å². The zero-order valence-electron chi connectivity index (χ0n) is 11.3. The Kier molecular flexibility index (Phi) is 3.72. The minimum Gasteiger partial charge on any atom is -0.496 e. The molecular formula is C15H23NO. The number of methoxy groups -OCH3 is 1. The van der Waals surface area contributed by atoms with Crippen molar-refractivity contribution in [2.75, 3.05) is 20.7 Å². The van der Waals surface area contributed by atoms with Crippen LogP contribution in [0.3, 0.4) is 0 Å². The first kappa shape index (κ1) is 12.4. The first-order valence-electron chi connectivity index (χ1n) is 6.47. The van der Waals surface area contributed by atoms with Gasteiger partial charge in [-0.25, -0.2) is 0 Å². The van der Waals surface area contributed by atoms with E-state index in [1.807, 2.05) is 7.05 Å². The van der Waals surface area contributed by atoms with E-state index < -0.39 is 0 Å². The molecule has 0 amide bonds. The maximum atomic E-state index is 5.37. The molecule has 2 nitrogen and oxygen atoms in total. The zero-order valence-corrected chi connectivity index (χ0v) is 11.3. The molecule has 1 aliphatic carbocycles. The van der Waals surface area contributed by atoms with E-state index >= 15 is 0 Å². The fraction of sp³-hybridized carbons (Fsp3) is 0.600. The predicted octanol–water partition coefficient (Wildman–Crippen LogP) is 3.03. The molecule has 1 aliphatic rings. The smallest absolute Gasteiger partial charge is 0.122 e. The summed E-state index contributed by atoms with van der Waals surface area (Å²) in [6.45, 7) is 5.47. The van der Waals surface area contributed by atoms with Crippen molar-refractivity contribution >= 4 is 0 Å². The number of ether oxygens (including phenoxy) is 1. The lowest BCUT2D eigenvalue weighted by atomic mass is 9.68. The van der Waals surface area contributed by atoms with Gasteiger partial charge in [-0.15, -0.1) is 0 Å². The summed E-state index contributed by atoms with van der Waals surface area (Å²) in [7, 11) is 3.79. The molecule has 0 aromatic heterocycles. The maximum absolute atomic E-state index is 5.37. The molecule has 0 spiro atoms. The summed E-state index contributed by atoms with van der Waals surface area (Å²) in [5.41, 5.74) is 4.15. The van der Waals surface area contributed by atoms with Gasteiger partial charge in [0.25, 0.3) is 0 Å². The van der Waals surface area contributed by atoms with Crippen molar-refractivity contribution in [3.05, 3.63) is 28.8 Å². The third kappa shape index (κ3) is 2.32. The normalized spacial score (nSPS) is 23.3. The molecule has 17 heavy (non-hydrogen) atoms. The molecule has 0 bridgehead atoms. The molecule has 1 fully saturated rings. The summed E-state index contributed by atoms with van der Waals surface area (Å²) in [6, 6.07) is 4.50. The monoisotopic (exact) mass is 233 g/mol. The van der Waals surface area contributed by atoms with Crippen LogP contribution in [0.15, 0.2) is 12.1 Å². The van der Waals surface area contributed by atoms with E-state index in [-0.39, 0.29) is 0 Å². The predicted molar refractivity (Wildman–Crippen MR) is 71.9 cm³/mol. The summed E-state index contributed by atoms with van der Waals surface area (Å²) in [6.07, 6.45) is 2.69. The van der Waals surface area contributed by atoms with Crippen LogP contribution in [0.1, 0.15) is 35.4 Å². The number of hydrogen-bond acceptors (Lipinski definition) is 2. The SMILES string of the molecule is CNCC1CCC1c1cc(C)c(OC)cc1C. The molecule has 2 unspecified atom stereocenters. The third-order valence-electron chi connectivity index (χ3n) is 4.07. The molecule has 0 radical (unpaired) electrons. The fourth-order valence-corrected chi connectivity index (χ4v) is 2.92. The van der Waals surface area contributed by atoms with Crippen LogP contribution in [0, 0.1) is 19.8 Å². The molecule has 2 atom stereocenters. The van der Waals surface area contributed by atoms with E-state index in [1.165, 1.54) is 29.5 Å². The summed E-state index contributed by atoms with van der Waals surface area (Å²) in [5.74, 6) is 2.56. The lowest BCUT2D eigenvalue weighted by molar-refractivity contribution is 0.249. The number of hydrogen-bond donors (Lipinski definition) is 1. The van der Waals surface area contributed by atoms with Crippen LogP contribution in [-0.4, -0.2) is 20.7 Å². The Hall–Kier alpha value is -1.02. The Labute approximate surface area is 104 Å². The van der Waals surface area contributed by atoms with E-state index in [1.54, 1.807) is 7.11 Å². The summed E-state index contributed by atoms with van der Waals surface area (Å²) in [5, 5.41) is 3.30. The lowest BCUT2D eigenvalue weighted by Crippen LogP contribution is -2.32. The highest BCUT2D eigenvalue weighted by atomic mass is 16.5. The highest BCUT2D eigenvalue weighted by Crippen LogP contribution is 2.44. The van der Waals surface area contributed by atoms with Gasteiger partial charge in [-0.2, -0.15) is 0 Å². The lowest BCUT2D eigenvalue weighted by Gasteiger charge is -2.38. The second-order valence-corrected chi connectivity index (χ2v) is 5.18. The van der Waals surface area contributed by atoms with Crippen molar-refractivity contribution < 1.29 is 4.74 Å². The summed E-state index contributed by atoms with van der Waals surface area (Å²) >= 11 is 0. The van der Waals surface area contributed by atoms with Gasteiger partial charge in [0.2, 0.25) is 0 Å². The molecule has 0 aliphatic heterocycles. The Morgan fingerprint density at radius 3 is 2.53 bits per heavy atom. The molecule has 1 aromatic carbocycles. The topological polar surface area (TPSA) is 21.3 Å². The van der Waals surface area contributed by atoms with E-state index in [9.17, 15) is 0 Å². The number of benzene rings is 1. The fourth-order valence-electron chi connectivity index (χ4n) is 2.92. The molecule has 1 aromatic rings. The number of aryl methyl sites for hydroxylation is 2. The van der Waals surface area contributed by atoms with Gasteiger partial charge in [0, 0.05) is 0 Å². The van der Waals surface area contributed by atoms with Crippen molar-refractivity contribution in [1.29, 1.82) is 0 Å². The van der Waals surface area contributed by atoms with E-state index in [2.05, 4.69) is 31.3 Å². The second-order valence-electron chi connectivity index (χ2n) is 5.18. The van der Waals surface area contributed by atoms with Crippen LogP contribution < -0.4 is 10.1 Å². The Balaban J connectivity index is 2.24. The maximum Gasteiger partial charge on any atom is 0.122 e. The Morgan fingerprint density at radius 1 is 1.24 bits per heavy atom. The summed E-state index contributed by atoms with van der Waals surface area (Å²) in [4.78, 5) is 0. The van der Waals surface area contributed by atoms with E-state index in [0.29, 0.717) is 0 Å². The molecule has 0 heterocycles. The minimum atomic E-state index is 0.743. The molecule has 2 heteroatoms. The standard InChI is InChI=1S/C15H23NO/c1-10-8-15(17-4)11(2)7-14(10)13-6-5-12(13)9-16-3/h7-8,12-13,16H,5-6,9H2,1-4H3. The van der Waals surface area contributed by atoms with Crippen LogP contribution in [0.4, 0.5) is 0 Å². The molecule has 0 saturated heterocycles. The van der Waals surface area contributed by atoms with Gasteiger partial charge in [-0.05, 0) is 74.9 Å². The average Bonchev–Trinajstić information content (AvgIpc) is 2.29. The van der Waals surface area contributed by atoms with Gasteiger partial charge in [0.05, 0.1) is 7.11 Å². The zero-order chi connectivity index (χ0) is 12.4. The van der Waals surface area contributed by atoms with Gasteiger partial charge >= 0.3 is 0 Å². The summed E-state index contributed by atoms with van der Waals surface area (Å²) < 4.78 is 5.37. The molecule has 1 saturated carbocycles. The second kappa shape index (κ2) is 5.09. The van der Waals surface area contributed by atoms with Gasteiger partial charge in [0.15, 0.2) is 0 Å². The Morgan fingerprint density at radius 2 is 2.00 bits per heavy atom. The van der Waals surface area contributed by atoms with Crippen molar-refractivity contribution in [1.82, 2.24) is 5.32 Å². The van der Waals surface area contributed by atoms with Gasteiger partial charge in [0.1, 0.15) is 5.75 Å². The molecular weight excluding hydrogens is 210 g/mol. The molecule has 2 rings (SSSR count). The largest absolute Gasteiger partial charge is 0.496 e. The Bertz CT molecular complexity index is 400. The quantitative estimate of drug-likeness (QED) is 0.863. The van der Waals surface area contributed by atoms with Gasteiger partial charge in [-0.1, -0.05) is 6.07 Å². The van der Waals surface area contributed by atoms with Crippen molar-refractivity contribution in [3.63, 3.8) is 0 Å². The number of nitrogens with one attached hydrogen (secondary N) is 1. The highest BCUT2D eigenvalue weighted by Gasteiger charge is 2.32. The van der Waals surface area contributed by atoms with Crippen LogP contribution in [0.5, 0.6) is 5.75 Å². The van der Waals surface area contributed by atoms with Gasteiger partial charge < -0.3 is 10.1 Å². The number of rotatable bonds is 4. The van der Waals surface area contributed by atoms with Crippen LogP contribution >= 0.6 is 0 Å². The van der Waals surface area contributed by atoms with E-state index in [4.69, 9.17) is 4.74 Å². The molecule has 1 N–H and O–H groups in total. The van der Waals surface area contributed by atoms with Crippen molar-refractivity contribution in [2.24, 2.45) is 5.92 Å². The first-order valence-corrected chi connectivity index (χ1v) is 6.47. The van der Waals surface area contributed by atoms with Crippen LogP contribution in [0.25, 0.3) is 0 Å². The van der Waals surface area contributed by atoms with Crippen LogP contribution in [0.2, 0.25) is 0 Å². The third-order valence-corrected chi connectivity index (χ3v) is 4.07. The molecule has 94 valence electrons. The highest BCUT2D eigenvalue weighted by molar-refractivity contribution is 5.43. The first-order chi connectivity index (χ1) is 8.17. The van der Waals surface area contributed by atoms with E-state index in [0.717, 1.165) is 24.1 Å². The minimum absolute atomic E-state index is 0.743.